The Morgan fingerprint density at radius 2 is 2.03 bits per heavy atom. The first-order valence-corrected chi connectivity index (χ1v) is 12.1. The van der Waals surface area contributed by atoms with E-state index in [1.807, 2.05) is 35.9 Å². The van der Waals surface area contributed by atoms with Crippen LogP contribution in [0.15, 0.2) is 48.5 Å². The van der Waals surface area contributed by atoms with Gasteiger partial charge in [-0.25, -0.2) is 9.07 Å². The molecule has 0 spiro atoms. The third-order valence-corrected chi connectivity index (χ3v) is 7.38. The molecule has 1 atom stereocenters. The van der Waals surface area contributed by atoms with Gasteiger partial charge >= 0.3 is 0 Å². The summed E-state index contributed by atoms with van der Waals surface area (Å²) in [6.45, 7) is 3.62. The van der Waals surface area contributed by atoms with E-state index in [1.54, 1.807) is 36.6 Å². The number of thiazole rings is 1. The van der Waals surface area contributed by atoms with Crippen LogP contribution in [0.5, 0.6) is 5.75 Å². The van der Waals surface area contributed by atoms with Crippen molar-refractivity contribution in [1.82, 2.24) is 20.1 Å². The third-order valence-electron chi connectivity index (χ3n) is 6.17. The molecule has 7 nitrogen and oxygen atoms in total. The van der Waals surface area contributed by atoms with Gasteiger partial charge in [0, 0.05) is 25.2 Å². The van der Waals surface area contributed by atoms with E-state index < -0.39 is 0 Å². The van der Waals surface area contributed by atoms with Gasteiger partial charge in [0.1, 0.15) is 11.6 Å². The molecular formula is C25H26FN5O2S. The molecule has 1 amide bonds. The van der Waals surface area contributed by atoms with E-state index in [1.165, 1.54) is 6.07 Å². The first-order valence-electron chi connectivity index (χ1n) is 11.3. The fraction of sp³-hybridized carbons (Fsp3) is 0.320. The maximum Gasteiger partial charge on any atom is 0.225 e. The number of nitrogens with zero attached hydrogens (tertiary/aromatic N) is 4. The number of aromatic nitrogens is 3. The number of methoxy groups -OCH3 is 1. The zero-order chi connectivity index (χ0) is 23.7. The molecule has 5 rings (SSSR count). The van der Waals surface area contributed by atoms with Crippen LogP contribution in [0.25, 0.3) is 16.0 Å². The number of rotatable bonds is 6. The van der Waals surface area contributed by atoms with Gasteiger partial charge in [0.15, 0.2) is 10.8 Å². The lowest BCUT2D eigenvalue weighted by molar-refractivity contribution is -0.125. The molecule has 2 aromatic carbocycles. The van der Waals surface area contributed by atoms with Crippen molar-refractivity contribution in [2.45, 2.75) is 26.3 Å². The minimum absolute atomic E-state index is 0.0466. The molecule has 0 aliphatic carbocycles. The lowest BCUT2D eigenvalue weighted by Gasteiger charge is -2.31. The Morgan fingerprint density at radius 1 is 1.24 bits per heavy atom. The van der Waals surface area contributed by atoms with Crippen LogP contribution in [0.2, 0.25) is 0 Å². The number of hydrogen-bond acceptors (Lipinski definition) is 6. The SMILES string of the molecule is COc1ccc(-n2nc(C)c3sc(N4CCC[C@@H](C(=O)NCc5ccccc5F)C4)nc32)cc1. The number of nitrogens with one attached hydrogen (secondary N) is 1. The van der Waals surface area contributed by atoms with Crippen LogP contribution in [0.1, 0.15) is 24.1 Å². The topological polar surface area (TPSA) is 72.3 Å². The molecule has 1 aliphatic rings. The molecule has 0 saturated carbocycles. The number of carbonyl (C=O) groups excluding carboxylic acids is 1. The van der Waals surface area contributed by atoms with Gasteiger partial charge in [-0.15, -0.1) is 0 Å². The van der Waals surface area contributed by atoms with Gasteiger partial charge in [-0.2, -0.15) is 10.1 Å². The standard InChI is InChI=1S/C25H26FN5O2S/c1-16-22-23(31(29-16)19-9-11-20(33-2)12-10-19)28-25(34-22)30-13-5-7-18(15-30)24(32)27-14-17-6-3-4-8-21(17)26/h3-4,6,8-12,18H,5,7,13-15H2,1-2H3,(H,27,32)/t18-/m1/s1. The number of ether oxygens (including phenoxy) is 1. The van der Waals surface area contributed by atoms with E-state index in [4.69, 9.17) is 9.72 Å². The molecule has 2 aromatic heterocycles. The van der Waals surface area contributed by atoms with E-state index in [0.29, 0.717) is 12.1 Å². The number of halogens is 1. The van der Waals surface area contributed by atoms with Crippen LogP contribution in [-0.2, 0) is 11.3 Å². The highest BCUT2D eigenvalue weighted by Gasteiger charge is 2.28. The van der Waals surface area contributed by atoms with Crippen LogP contribution < -0.4 is 15.0 Å². The number of aryl methyl sites for hydroxylation is 1. The molecule has 0 radical (unpaired) electrons. The van der Waals surface area contributed by atoms with Gasteiger partial charge in [0.25, 0.3) is 0 Å². The van der Waals surface area contributed by atoms with Crippen molar-refractivity contribution in [3.63, 3.8) is 0 Å². The van der Waals surface area contributed by atoms with Gasteiger partial charge in [-0.05, 0) is 50.1 Å². The summed E-state index contributed by atoms with van der Waals surface area (Å²) >= 11 is 1.61. The van der Waals surface area contributed by atoms with Crippen LogP contribution in [0.4, 0.5) is 9.52 Å². The van der Waals surface area contributed by atoms with Gasteiger partial charge in [0.05, 0.1) is 29.1 Å². The molecule has 34 heavy (non-hydrogen) atoms. The minimum atomic E-state index is -0.302. The Bertz CT molecular complexity index is 1320. The summed E-state index contributed by atoms with van der Waals surface area (Å²) < 4.78 is 22.0. The summed E-state index contributed by atoms with van der Waals surface area (Å²) in [4.78, 5) is 19.9. The average Bonchev–Trinajstić information content (AvgIpc) is 3.44. The van der Waals surface area contributed by atoms with Crippen molar-refractivity contribution in [2.24, 2.45) is 5.92 Å². The predicted octanol–water partition coefficient (Wildman–Crippen LogP) is 4.47. The molecule has 1 saturated heterocycles. The molecular weight excluding hydrogens is 453 g/mol. The maximum atomic E-state index is 13.9. The average molecular weight is 480 g/mol. The maximum absolute atomic E-state index is 13.9. The van der Waals surface area contributed by atoms with Crippen molar-refractivity contribution in [1.29, 1.82) is 0 Å². The number of piperidine rings is 1. The highest BCUT2D eigenvalue weighted by atomic mass is 32.1. The van der Waals surface area contributed by atoms with Gasteiger partial charge < -0.3 is 15.0 Å². The molecule has 4 aromatic rings. The molecule has 0 unspecified atom stereocenters. The van der Waals surface area contributed by atoms with Crippen LogP contribution in [-0.4, -0.2) is 40.9 Å². The molecule has 1 N–H and O–H groups in total. The van der Waals surface area contributed by atoms with E-state index in [0.717, 1.165) is 52.0 Å². The highest BCUT2D eigenvalue weighted by molar-refractivity contribution is 7.22. The molecule has 1 aliphatic heterocycles. The van der Waals surface area contributed by atoms with Gasteiger partial charge in [-0.1, -0.05) is 29.5 Å². The monoisotopic (exact) mass is 479 g/mol. The molecule has 9 heteroatoms. The van der Waals surface area contributed by atoms with Gasteiger partial charge in [-0.3, -0.25) is 4.79 Å². The van der Waals surface area contributed by atoms with Crippen molar-refractivity contribution in [3.05, 3.63) is 65.6 Å². The number of hydrogen-bond donors (Lipinski definition) is 1. The largest absolute Gasteiger partial charge is 0.497 e. The summed E-state index contributed by atoms with van der Waals surface area (Å²) in [5.74, 6) is 0.278. The zero-order valence-corrected chi connectivity index (χ0v) is 19.9. The predicted molar refractivity (Wildman–Crippen MR) is 131 cm³/mol. The Morgan fingerprint density at radius 3 is 2.79 bits per heavy atom. The lowest BCUT2D eigenvalue weighted by atomic mass is 9.97. The van der Waals surface area contributed by atoms with E-state index in [9.17, 15) is 9.18 Å². The summed E-state index contributed by atoms with van der Waals surface area (Å²) in [5.41, 5.74) is 3.15. The number of benzene rings is 2. The van der Waals surface area contributed by atoms with Crippen LogP contribution >= 0.6 is 11.3 Å². The Balaban J connectivity index is 1.32. The quantitative estimate of drug-likeness (QED) is 0.442. The molecule has 0 bridgehead atoms. The summed E-state index contributed by atoms with van der Waals surface area (Å²) in [5, 5.41) is 8.47. The van der Waals surface area contributed by atoms with Crippen molar-refractivity contribution in [2.75, 3.05) is 25.1 Å². The number of amides is 1. The lowest BCUT2D eigenvalue weighted by Crippen LogP contribution is -2.43. The van der Waals surface area contributed by atoms with Crippen molar-refractivity contribution < 1.29 is 13.9 Å². The number of fused-ring (bicyclic) bond motifs is 1. The van der Waals surface area contributed by atoms with Crippen molar-refractivity contribution >= 4 is 32.7 Å². The first-order chi connectivity index (χ1) is 16.5. The molecule has 1 fully saturated rings. The second-order valence-corrected chi connectivity index (χ2v) is 9.42. The van der Waals surface area contributed by atoms with Crippen LogP contribution in [0, 0.1) is 18.7 Å². The first kappa shape index (κ1) is 22.3. The highest BCUT2D eigenvalue weighted by Crippen LogP contribution is 2.34. The minimum Gasteiger partial charge on any atom is -0.497 e. The summed E-state index contributed by atoms with van der Waals surface area (Å²) in [6.07, 6.45) is 1.71. The van der Waals surface area contributed by atoms with Gasteiger partial charge in [0.2, 0.25) is 5.91 Å². The summed E-state index contributed by atoms with van der Waals surface area (Å²) in [6, 6.07) is 14.2. The number of anilines is 1. The zero-order valence-electron chi connectivity index (χ0n) is 19.1. The fourth-order valence-electron chi connectivity index (χ4n) is 4.30. The van der Waals surface area contributed by atoms with E-state index in [-0.39, 0.29) is 24.2 Å². The fourth-order valence-corrected chi connectivity index (χ4v) is 5.32. The normalized spacial score (nSPS) is 16.1. The number of carbonyl (C=O) groups is 1. The smallest absolute Gasteiger partial charge is 0.225 e. The van der Waals surface area contributed by atoms with Crippen LogP contribution in [0.3, 0.4) is 0 Å². The van der Waals surface area contributed by atoms with E-state index >= 15 is 0 Å². The second kappa shape index (κ2) is 9.42. The molecule has 3 heterocycles. The Labute approximate surface area is 201 Å². The van der Waals surface area contributed by atoms with E-state index in [2.05, 4.69) is 15.3 Å². The second-order valence-electron chi connectivity index (χ2n) is 8.44. The summed E-state index contributed by atoms with van der Waals surface area (Å²) in [7, 11) is 1.64. The Hall–Kier alpha value is -3.46. The Kier molecular flexibility index (Phi) is 6.19. The molecule has 176 valence electrons. The third kappa shape index (κ3) is 4.35. The van der Waals surface area contributed by atoms with Crippen molar-refractivity contribution in [3.8, 4) is 11.4 Å².